The monoisotopic (exact) mass is 303 g/mol. The highest BCUT2D eigenvalue weighted by Crippen LogP contribution is 2.23. The Labute approximate surface area is 115 Å². The Morgan fingerprint density at radius 2 is 1.95 bits per heavy atom. The van der Waals surface area contributed by atoms with Crippen molar-refractivity contribution in [3.8, 4) is 5.75 Å². The van der Waals surface area contributed by atoms with E-state index >= 15 is 0 Å². The molecule has 1 unspecified atom stereocenters. The number of methoxy groups -OCH3 is 1. The SMILES string of the molecule is COC(=O)C(C)S(=O)(=O)Nc1ccc(O)cc1C(=O)O. The molecule has 1 aromatic rings. The minimum absolute atomic E-state index is 0.258. The Kier molecular flexibility index (Phi) is 4.56. The van der Waals surface area contributed by atoms with E-state index in [0.29, 0.717) is 0 Å². The lowest BCUT2D eigenvalue weighted by atomic mass is 10.2. The quantitative estimate of drug-likeness (QED) is 0.530. The number of esters is 1. The Morgan fingerprint density at radius 1 is 1.35 bits per heavy atom. The maximum absolute atomic E-state index is 11.9. The highest BCUT2D eigenvalue weighted by atomic mass is 32.2. The van der Waals surface area contributed by atoms with E-state index in [0.717, 1.165) is 32.2 Å². The lowest BCUT2D eigenvalue weighted by molar-refractivity contribution is -0.139. The number of hydrogen-bond donors (Lipinski definition) is 3. The predicted octanol–water partition coefficient (Wildman–Crippen LogP) is 0.394. The Balaban J connectivity index is 3.16. The van der Waals surface area contributed by atoms with E-state index in [-0.39, 0.29) is 11.4 Å². The summed E-state index contributed by atoms with van der Waals surface area (Å²) in [6.45, 7) is 1.11. The van der Waals surface area contributed by atoms with E-state index in [1.165, 1.54) is 0 Å². The standard InChI is InChI=1S/C11H13NO7S/c1-6(11(16)19-2)20(17,18)12-9-4-3-7(13)5-8(9)10(14)15/h3-6,12-13H,1-2H3,(H,14,15). The molecule has 110 valence electrons. The van der Waals surface area contributed by atoms with Gasteiger partial charge in [-0.3, -0.25) is 9.52 Å². The number of phenols is 1. The molecule has 0 amide bonds. The molecule has 0 aliphatic rings. The number of aromatic carboxylic acids is 1. The molecule has 0 aromatic heterocycles. The molecule has 8 nitrogen and oxygen atoms in total. The van der Waals surface area contributed by atoms with Gasteiger partial charge >= 0.3 is 11.9 Å². The van der Waals surface area contributed by atoms with Crippen molar-refractivity contribution in [2.24, 2.45) is 0 Å². The van der Waals surface area contributed by atoms with Crippen molar-refractivity contribution in [1.29, 1.82) is 0 Å². The molecule has 0 fully saturated rings. The van der Waals surface area contributed by atoms with Gasteiger partial charge < -0.3 is 14.9 Å². The molecule has 20 heavy (non-hydrogen) atoms. The fourth-order valence-electron chi connectivity index (χ4n) is 1.33. The van der Waals surface area contributed by atoms with Crippen LogP contribution in [-0.4, -0.2) is 42.9 Å². The number of carbonyl (C=O) groups is 2. The third-order valence-corrected chi connectivity index (χ3v) is 4.11. The Hall–Kier alpha value is -2.29. The minimum atomic E-state index is -4.16. The lowest BCUT2D eigenvalue weighted by Gasteiger charge is -2.14. The number of hydrogen-bond acceptors (Lipinski definition) is 6. The zero-order valence-corrected chi connectivity index (χ0v) is 11.5. The number of rotatable bonds is 5. The van der Waals surface area contributed by atoms with E-state index in [4.69, 9.17) is 5.11 Å². The molecule has 1 aromatic carbocycles. The second-order valence-corrected chi connectivity index (χ2v) is 5.85. The van der Waals surface area contributed by atoms with Crippen LogP contribution in [0.25, 0.3) is 0 Å². The molecule has 0 aliphatic heterocycles. The third-order valence-electron chi connectivity index (χ3n) is 2.48. The maximum Gasteiger partial charge on any atom is 0.337 e. The van der Waals surface area contributed by atoms with Gasteiger partial charge in [0.05, 0.1) is 18.4 Å². The number of aromatic hydroxyl groups is 1. The number of phenolic OH excluding ortho intramolecular Hbond substituents is 1. The topological polar surface area (TPSA) is 130 Å². The predicted molar refractivity (Wildman–Crippen MR) is 69.1 cm³/mol. The van der Waals surface area contributed by atoms with Crippen molar-refractivity contribution >= 4 is 27.6 Å². The van der Waals surface area contributed by atoms with Gasteiger partial charge in [-0.2, -0.15) is 0 Å². The van der Waals surface area contributed by atoms with Crippen molar-refractivity contribution in [3.05, 3.63) is 23.8 Å². The first-order chi connectivity index (χ1) is 9.19. The van der Waals surface area contributed by atoms with Crippen LogP contribution in [0.15, 0.2) is 18.2 Å². The van der Waals surface area contributed by atoms with Gasteiger partial charge in [0.1, 0.15) is 5.75 Å². The summed E-state index contributed by atoms with van der Waals surface area (Å²) in [5, 5.41) is 16.6. The molecule has 0 heterocycles. The molecule has 0 bridgehead atoms. The highest BCUT2D eigenvalue weighted by molar-refractivity contribution is 7.94. The number of sulfonamides is 1. The molecule has 1 atom stereocenters. The van der Waals surface area contributed by atoms with Crippen LogP contribution in [-0.2, 0) is 19.6 Å². The lowest BCUT2D eigenvalue weighted by Crippen LogP contribution is -2.33. The van der Waals surface area contributed by atoms with Crippen molar-refractivity contribution in [2.75, 3.05) is 11.8 Å². The van der Waals surface area contributed by atoms with E-state index in [1.807, 2.05) is 4.72 Å². The molecule has 1 rings (SSSR count). The normalized spacial score (nSPS) is 12.5. The fraction of sp³-hybridized carbons (Fsp3) is 0.273. The Morgan fingerprint density at radius 3 is 2.45 bits per heavy atom. The van der Waals surface area contributed by atoms with Gasteiger partial charge in [0.15, 0.2) is 5.25 Å². The van der Waals surface area contributed by atoms with Crippen molar-refractivity contribution in [1.82, 2.24) is 0 Å². The van der Waals surface area contributed by atoms with Gasteiger partial charge in [-0.15, -0.1) is 0 Å². The zero-order chi connectivity index (χ0) is 15.5. The first-order valence-corrected chi connectivity index (χ1v) is 6.89. The fourth-order valence-corrected chi connectivity index (χ4v) is 2.34. The highest BCUT2D eigenvalue weighted by Gasteiger charge is 2.30. The molecule has 0 aliphatic carbocycles. The van der Waals surface area contributed by atoms with E-state index in [1.54, 1.807) is 0 Å². The van der Waals surface area contributed by atoms with Crippen LogP contribution in [0.4, 0.5) is 5.69 Å². The summed E-state index contributed by atoms with van der Waals surface area (Å²) in [5.74, 6) is -2.73. The van der Waals surface area contributed by atoms with Gasteiger partial charge in [0.2, 0.25) is 10.0 Å². The molecular formula is C11H13NO7S. The summed E-state index contributed by atoms with van der Waals surface area (Å²) in [6, 6.07) is 3.09. The van der Waals surface area contributed by atoms with Gasteiger partial charge in [-0.1, -0.05) is 0 Å². The van der Waals surface area contributed by atoms with Gasteiger partial charge in [-0.25, -0.2) is 13.2 Å². The molecule has 3 N–H and O–H groups in total. The molecule has 0 saturated carbocycles. The number of benzene rings is 1. The van der Waals surface area contributed by atoms with Crippen LogP contribution >= 0.6 is 0 Å². The van der Waals surface area contributed by atoms with Gasteiger partial charge in [-0.05, 0) is 25.1 Å². The first kappa shape index (κ1) is 15.8. The number of ether oxygens (including phenoxy) is 1. The maximum atomic E-state index is 11.9. The van der Waals surface area contributed by atoms with Gasteiger partial charge in [0, 0.05) is 0 Å². The Bertz CT molecular complexity index is 638. The molecule has 9 heteroatoms. The van der Waals surface area contributed by atoms with Crippen molar-refractivity contribution in [2.45, 2.75) is 12.2 Å². The molecular weight excluding hydrogens is 290 g/mol. The molecule has 0 radical (unpaired) electrons. The second kappa shape index (κ2) is 5.78. The number of anilines is 1. The first-order valence-electron chi connectivity index (χ1n) is 5.35. The second-order valence-electron chi connectivity index (χ2n) is 3.85. The molecule has 0 saturated heterocycles. The van der Waals surface area contributed by atoms with Crippen LogP contribution in [0.1, 0.15) is 17.3 Å². The summed E-state index contributed by atoms with van der Waals surface area (Å²) in [5.41, 5.74) is -0.698. The van der Waals surface area contributed by atoms with Crippen LogP contribution in [0.3, 0.4) is 0 Å². The van der Waals surface area contributed by atoms with E-state index in [2.05, 4.69) is 4.74 Å². The average Bonchev–Trinajstić information content (AvgIpc) is 2.38. The van der Waals surface area contributed by atoms with Crippen LogP contribution in [0.2, 0.25) is 0 Å². The average molecular weight is 303 g/mol. The number of carboxylic acid groups (broad SMARTS) is 1. The zero-order valence-electron chi connectivity index (χ0n) is 10.7. The molecule has 0 spiro atoms. The summed E-state index contributed by atoms with van der Waals surface area (Å²) in [7, 11) is -3.12. The van der Waals surface area contributed by atoms with Crippen molar-refractivity contribution in [3.63, 3.8) is 0 Å². The van der Waals surface area contributed by atoms with E-state index in [9.17, 15) is 23.1 Å². The van der Waals surface area contributed by atoms with E-state index < -0.39 is 32.8 Å². The number of carbonyl (C=O) groups excluding carboxylic acids is 1. The van der Waals surface area contributed by atoms with Crippen molar-refractivity contribution < 1.29 is 33.0 Å². The summed E-state index contributed by atoms with van der Waals surface area (Å²) >= 11 is 0. The smallest absolute Gasteiger partial charge is 0.337 e. The van der Waals surface area contributed by atoms with Gasteiger partial charge in [0.25, 0.3) is 0 Å². The number of nitrogens with one attached hydrogen (secondary N) is 1. The van der Waals surface area contributed by atoms with Crippen LogP contribution < -0.4 is 4.72 Å². The van der Waals surface area contributed by atoms with Crippen LogP contribution in [0, 0.1) is 0 Å². The summed E-state index contributed by atoms with van der Waals surface area (Å²) in [6.07, 6.45) is 0. The largest absolute Gasteiger partial charge is 0.508 e. The summed E-state index contributed by atoms with van der Waals surface area (Å²) < 4.78 is 30.1. The summed E-state index contributed by atoms with van der Waals surface area (Å²) in [4.78, 5) is 22.2. The minimum Gasteiger partial charge on any atom is -0.508 e. The third kappa shape index (κ3) is 3.38. The number of carboxylic acids is 1. The van der Waals surface area contributed by atoms with Crippen LogP contribution in [0.5, 0.6) is 5.75 Å².